The summed E-state index contributed by atoms with van der Waals surface area (Å²) in [6.45, 7) is 0. The summed E-state index contributed by atoms with van der Waals surface area (Å²) >= 11 is 0. The van der Waals surface area contributed by atoms with Crippen LogP contribution in [-0.2, 0) is 0 Å². The summed E-state index contributed by atoms with van der Waals surface area (Å²) in [5.41, 5.74) is 14.1. The summed E-state index contributed by atoms with van der Waals surface area (Å²) < 4.78 is 18.0. The number of nitrogens with zero attached hydrogens (tertiary/aromatic N) is 4. The molecular weight excluding hydrogens is 761 g/mol. The smallest absolute Gasteiger partial charge is 0.145 e. The molecule has 0 bridgehead atoms. The highest BCUT2D eigenvalue weighted by Gasteiger charge is 2.23. The predicted octanol–water partition coefficient (Wildman–Crippen LogP) is 14.8. The first kappa shape index (κ1) is 34.1. The van der Waals surface area contributed by atoms with Gasteiger partial charge < -0.3 is 18.0 Å². The Morgan fingerprint density at radius 1 is 0.371 bits per heavy atom. The van der Waals surface area contributed by atoms with E-state index in [9.17, 15) is 10.5 Å². The maximum Gasteiger partial charge on any atom is 0.145 e. The van der Waals surface area contributed by atoms with Gasteiger partial charge in [-0.2, -0.15) is 10.5 Å². The summed E-state index contributed by atoms with van der Waals surface area (Å²) in [5, 5.41) is 28.8. The minimum atomic E-state index is 0.526. The Labute approximate surface area is 353 Å². The molecule has 0 saturated carbocycles. The molecule has 13 rings (SSSR count). The molecule has 0 N–H and O–H groups in total. The molecule has 6 heteroatoms. The fraction of sp³-hybridized carbons (Fsp3) is 0. The molecule has 62 heavy (non-hydrogen) atoms. The van der Waals surface area contributed by atoms with Crippen molar-refractivity contribution in [3.63, 3.8) is 0 Å². The van der Waals surface area contributed by atoms with Gasteiger partial charge in [0.1, 0.15) is 22.3 Å². The zero-order valence-corrected chi connectivity index (χ0v) is 32.9. The summed E-state index contributed by atoms with van der Waals surface area (Å²) in [7, 11) is 0. The van der Waals surface area contributed by atoms with E-state index in [2.05, 4.69) is 143 Å². The van der Waals surface area contributed by atoms with Crippen molar-refractivity contribution < 1.29 is 8.83 Å². The van der Waals surface area contributed by atoms with Crippen molar-refractivity contribution in [1.82, 2.24) is 9.13 Å². The van der Waals surface area contributed by atoms with Crippen molar-refractivity contribution in [3.8, 4) is 45.8 Å². The Bertz CT molecular complexity index is 4140. The number of para-hydroxylation sites is 4. The number of furan rings is 2. The van der Waals surface area contributed by atoms with Crippen molar-refractivity contribution in [3.05, 3.63) is 193 Å². The van der Waals surface area contributed by atoms with Crippen LogP contribution in [0.1, 0.15) is 11.1 Å². The molecule has 0 saturated heterocycles. The van der Waals surface area contributed by atoms with Crippen LogP contribution in [0.3, 0.4) is 0 Å². The zero-order valence-electron chi connectivity index (χ0n) is 32.9. The maximum absolute atomic E-state index is 10.4. The van der Waals surface area contributed by atoms with Gasteiger partial charge in [0.05, 0.1) is 61.8 Å². The zero-order chi connectivity index (χ0) is 41.1. The van der Waals surface area contributed by atoms with Crippen molar-refractivity contribution in [2.75, 3.05) is 0 Å². The lowest BCUT2D eigenvalue weighted by molar-refractivity contribution is 0.672. The Balaban J connectivity index is 1.15. The molecular formula is C56H30N4O2. The van der Waals surface area contributed by atoms with E-state index in [-0.39, 0.29) is 0 Å². The molecule has 286 valence electrons. The van der Waals surface area contributed by atoms with E-state index in [1.54, 1.807) is 6.07 Å². The minimum Gasteiger partial charge on any atom is -0.455 e. The first-order chi connectivity index (χ1) is 30.6. The summed E-state index contributed by atoms with van der Waals surface area (Å²) in [4.78, 5) is 0. The van der Waals surface area contributed by atoms with Gasteiger partial charge in [-0.1, -0.05) is 91.0 Å². The highest BCUT2D eigenvalue weighted by molar-refractivity contribution is 6.25. The standard InChI is InChI=1S/C56H30N4O2/c57-31-33-10-9-11-35(26-33)36-27-34(32-58)28-37(29-36)39-21-20-38(59-46-16-5-1-14-44(46)53-48(59)24-22-42-40-12-3-7-18-51(40)61-55(42)53)30-50(39)60-47-17-6-2-15-45(47)54-49(60)25-23-43-41-13-4-8-19-52(41)62-56(43)54/h1-30H. The van der Waals surface area contributed by atoms with Crippen LogP contribution in [0.5, 0.6) is 0 Å². The first-order valence-electron chi connectivity index (χ1n) is 20.5. The number of hydrogen-bond acceptors (Lipinski definition) is 4. The van der Waals surface area contributed by atoms with Gasteiger partial charge in [0, 0.05) is 43.6 Å². The highest BCUT2D eigenvalue weighted by Crippen LogP contribution is 2.45. The summed E-state index contributed by atoms with van der Waals surface area (Å²) in [5.74, 6) is 0. The number of hydrogen-bond donors (Lipinski definition) is 0. The Hall–Kier alpha value is -8.84. The van der Waals surface area contributed by atoms with Crippen LogP contribution in [0.15, 0.2) is 191 Å². The van der Waals surface area contributed by atoms with Crippen LogP contribution in [0.4, 0.5) is 0 Å². The van der Waals surface area contributed by atoms with Gasteiger partial charge in [-0.3, -0.25) is 0 Å². The number of benzene rings is 9. The number of aromatic nitrogens is 2. The van der Waals surface area contributed by atoms with Crippen LogP contribution in [-0.4, -0.2) is 9.13 Å². The molecule has 0 spiro atoms. The third-order valence-corrected chi connectivity index (χ3v) is 12.5. The minimum absolute atomic E-state index is 0.526. The molecule has 4 heterocycles. The number of rotatable bonds is 4. The molecule has 13 aromatic rings. The van der Waals surface area contributed by atoms with Crippen LogP contribution in [0, 0.1) is 22.7 Å². The lowest BCUT2D eigenvalue weighted by Crippen LogP contribution is -2.01. The van der Waals surface area contributed by atoms with E-state index < -0.39 is 0 Å². The molecule has 0 fully saturated rings. The molecule has 0 aliphatic heterocycles. The van der Waals surface area contributed by atoms with E-state index in [0.29, 0.717) is 11.1 Å². The molecule has 4 aromatic heterocycles. The lowest BCUT2D eigenvalue weighted by Gasteiger charge is -2.18. The van der Waals surface area contributed by atoms with Crippen LogP contribution < -0.4 is 0 Å². The van der Waals surface area contributed by atoms with Gasteiger partial charge in [-0.05, 0) is 108 Å². The Kier molecular flexibility index (Phi) is 7.05. The Morgan fingerprint density at radius 2 is 0.919 bits per heavy atom. The Morgan fingerprint density at radius 3 is 1.56 bits per heavy atom. The second-order valence-corrected chi connectivity index (χ2v) is 15.9. The second kappa shape index (κ2) is 12.8. The summed E-state index contributed by atoms with van der Waals surface area (Å²) in [6, 6.07) is 67.1. The molecule has 9 aromatic carbocycles. The van der Waals surface area contributed by atoms with E-state index >= 15 is 0 Å². The number of nitriles is 2. The second-order valence-electron chi connectivity index (χ2n) is 15.9. The largest absolute Gasteiger partial charge is 0.455 e. The van der Waals surface area contributed by atoms with Gasteiger partial charge in [-0.15, -0.1) is 0 Å². The lowest BCUT2D eigenvalue weighted by atomic mass is 9.94. The topological polar surface area (TPSA) is 83.7 Å². The van der Waals surface area contributed by atoms with E-state index in [1.807, 2.05) is 54.6 Å². The van der Waals surface area contributed by atoms with Gasteiger partial charge in [0.15, 0.2) is 0 Å². The quantitative estimate of drug-likeness (QED) is 0.178. The molecule has 0 atom stereocenters. The fourth-order valence-corrected chi connectivity index (χ4v) is 9.88. The maximum atomic E-state index is 10.4. The molecule has 0 radical (unpaired) electrons. The third kappa shape index (κ3) is 4.78. The SMILES string of the molecule is N#Cc1cccc(-c2cc(C#N)cc(-c3ccc(-n4c5ccccc5c5c6oc7ccccc7c6ccc54)cc3-n3c4ccccc4c4c5oc6ccccc6c5ccc43)c2)c1. The molecule has 6 nitrogen and oxygen atoms in total. The molecule has 0 aliphatic rings. The normalized spacial score (nSPS) is 11.8. The van der Waals surface area contributed by atoms with E-state index in [1.165, 1.54) is 0 Å². The number of fused-ring (bicyclic) bond motifs is 14. The molecule has 0 aliphatic carbocycles. The fourth-order valence-electron chi connectivity index (χ4n) is 9.88. The average molecular weight is 791 g/mol. The molecule has 0 unspecified atom stereocenters. The van der Waals surface area contributed by atoms with E-state index in [4.69, 9.17) is 8.83 Å². The van der Waals surface area contributed by atoms with Crippen molar-refractivity contribution in [2.45, 2.75) is 0 Å². The first-order valence-corrected chi connectivity index (χ1v) is 20.5. The highest BCUT2D eigenvalue weighted by atomic mass is 16.3. The monoisotopic (exact) mass is 790 g/mol. The third-order valence-electron chi connectivity index (χ3n) is 12.5. The average Bonchev–Trinajstić information content (AvgIpc) is 4.09. The van der Waals surface area contributed by atoms with Gasteiger partial charge in [0.2, 0.25) is 0 Å². The molecule has 0 amide bonds. The van der Waals surface area contributed by atoms with Gasteiger partial charge >= 0.3 is 0 Å². The van der Waals surface area contributed by atoms with Crippen molar-refractivity contribution in [2.24, 2.45) is 0 Å². The van der Waals surface area contributed by atoms with E-state index in [0.717, 1.165) is 121 Å². The van der Waals surface area contributed by atoms with Gasteiger partial charge in [0.25, 0.3) is 0 Å². The van der Waals surface area contributed by atoms with Crippen molar-refractivity contribution in [1.29, 1.82) is 10.5 Å². The van der Waals surface area contributed by atoms with Crippen LogP contribution in [0.25, 0.3) is 121 Å². The van der Waals surface area contributed by atoms with Gasteiger partial charge in [-0.25, -0.2) is 0 Å². The summed E-state index contributed by atoms with van der Waals surface area (Å²) in [6.07, 6.45) is 0. The van der Waals surface area contributed by atoms with Crippen LogP contribution in [0.2, 0.25) is 0 Å². The predicted molar refractivity (Wildman–Crippen MR) is 250 cm³/mol. The van der Waals surface area contributed by atoms with Crippen molar-refractivity contribution >= 4 is 87.5 Å². The van der Waals surface area contributed by atoms with Crippen LogP contribution >= 0.6 is 0 Å².